The van der Waals surface area contributed by atoms with E-state index in [9.17, 15) is 9.59 Å². The van der Waals surface area contributed by atoms with Gasteiger partial charge in [-0.1, -0.05) is 36.4 Å². The van der Waals surface area contributed by atoms with Crippen molar-refractivity contribution in [2.24, 2.45) is 0 Å². The Kier molecular flexibility index (Phi) is 5.32. The van der Waals surface area contributed by atoms with Crippen LogP contribution in [0.5, 0.6) is 0 Å². The quantitative estimate of drug-likeness (QED) is 0.502. The van der Waals surface area contributed by atoms with Gasteiger partial charge in [0.1, 0.15) is 11.6 Å². The molecule has 0 spiro atoms. The molecule has 0 amide bonds. The van der Waals surface area contributed by atoms with Gasteiger partial charge in [0.25, 0.3) is 5.56 Å². The molecule has 24 heavy (non-hydrogen) atoms. The second kappa shape index (κ2) is 7.61. The van der Waals surface area contributed by atoms with Crippen molar-refractivity contribution in [2.75, 3.05) is 0 Å². The number of aromatic nitrogens is 2. The molecule has 120 valence electrons. The van der Waals surface area contributed by atoms with Gasteiger partial charge >= 0.3 is 5.97 Å². The van der Waals surface area contributed by atoms with Crippen LogP contribution in [-0.2, 0) is 4.79 Å². The Bertz CT molecular complexity index is 923. The number of H-pyrrole nitrogens is 1. The van der Waals surface area contributed by atoms with E-state index < -0.39 is 5.97 Å². The third-order valence-corrected chi connectivity index (χ3v) is 3.23. The number of para-hydroxylation sites is 1. The summed E-state index contributed by atoms with van der Waals surface area (Å²) in [6, 6.07) is 10.8. The molecule has 0 aliphatic carbocycles. The van der Waals surface area contributed by atoms with Gasteiger partial charge in [-0.2, -0.15) is 5.26 Å². The lowest BCUT2D eigenvalue weighted by Crippen LogP contribution is -2.15. The van der Waals surface area contributed by atoms with Crippen LogP contribution in [0.15, 0.2) is 65.0 Å². The summed E-state index contributed by atoms with van der Waals surface area (Å²) in [7, 11) is 0. The van der Waals surface area contributed by atoms with Crippen molar-refractivity contribution in [1.82, 2.24) is 9.78 Å². The highest BCUT2D eigenvalue weighted by atomic mass is 16.4. The predicted octanol–water partition coefficient (Wildman–Crippen LogP) is 2.58. The first-order valence-corrected chi connectivity index (χ1v) is 7.10. The van der Waals surface area contributed by atoms with E-state index in [0.717, 1.165) is 5.69 Å². The molecule has 0 aliphatic heterocycles. The van der Waals surface area contributed by atoms with Crippen LogP contribution >= 0.6 is 0 Å². The Balaban J connectivity index is 2.23. The van der Waals surface area contributed by atoms with Crippen molar-refractivity contribution in [3.63, 3.8) is 0 Å². The van der Waals surface area contributed by atoms with Crippen molar-refractivity contribution in [3.8, 4) is 11.8 Å². The van der Waals surface area contributed by atoms with Crippen molar-refractivity contribution < 1.29 is 9.90 Å². The minimum absolute atomic E-state index is 0.179. The second-order valence-corrected chi connectivity index (χ2v) is 4.87. The standard InChI is InChI=1S/C18H15N3O3/c1-13-16(11-7-2-4-8-14(12-19)18(23)24)17(22)21(20-13)15-9-5-3-6-10-15/h2-11,20H,1H3,(H,23,24)/b4-2+,11-7+,14-8+. The molecule has 0 bridgehead atoms. The highest BCUT2D eigenvalue weighted by molar-refractivity contribution is 5.91. The summed E-state index contributed by atoms with van der Waals surface area (Å²) in [4.78, 5) is 23.1. The van der Waals surface area contributed by atoms with Crippen LogP contribution in [0.4, 0.5) is 0 Å². The molecule has 2 rings (SSSR count). The summed E-state index contributed by atoms with van der Waals surface area (Å²) in [6.07, 6.45) is 7.42. The molecule has 0 fully saturated rings. The summed E-state index contributed by atoms with van der Waals surface area (Å²) in [6.45, 7) is 1.79. The number of carbonyl (C=O) groups is 1. The van der Waals surface area contributed by atoms with Gasteiger partial charge in [-0.15, -0.1) is 0 Å². The Morgan fingerprint density at radius 1 is 1.25 bits per heavy atom. The maximum Gasteiger partial charge on any atom is 0.346 e. The maximum atomic E-state index is 12.4. The molecule has 0 aliphatic rings. The number of aliphatic carboxylic acids is 1. The van der Waals surface area contributed by atoms with Crippen LogP contribution in [0.1, 0.15) is 11.3 Å². The van der Waals surface area contributed by atoms with Gasteiger partial charge in [0, 0.05) is 5.69 Å². The average Bonchev–Trinajstić information content (AvgIpc) is 2.86. The number of allylic oxidation sites excluding steroid dienone is 4. The Labute approximate surface area is 138 Å². The maximum absolute atomic E-state index is 12.4. The minimum Gasteiger partial charge on any atom is -0.477 e. The number of aromatic amines is 1. The molecule has 0 radical (unpaired) electrons. The predicted molar refractivity (Wildman–Crippen MR) is 90.6 cm³/mol. The molecule has 2 aromatic rings. The Hall–Kier alpha value is -3.59. The smallest absolute Gasteiger partial charge is 0.346 e. The largest absolute Gasteiger partial charge is 0.477 e. The number of nitriles is 1. The van der Waals surface area contributed by atoms with E-state index in [1.165, 1.54) is 16.8 Å². The number of aryl methyl sites for hydroxylation is 1. The van der Waals surface area contributed by atoms with Crippen LogP contribution in [0.25, 0.3) is 11.8 Å². The van der Waals surface area contributed by atoms with Gasteiger partial charge in [0.05, 0.1) is 11.3 Å². The molecule has 0 saturated heterocycles. The van der Waals surface area contributed by atoms with Crippen molar-refractivity contribution in [2.45, 2.75) is 6.92 Å². The Morgan fingerprint density at radius 3 is 2.58 bits per heavy atom. The highest BCUT2D eigenvalue weighted by Gasteiger charge is 2.09. The van der Waals surface area contributed by atoms with Gasteiger partial charge in [-0.3, -0.25) is 9.89 Å². The van der Waals surface area contributed by atoms with Gasteiger partial charge in [0.2, 0.25) is 0 Å². The second-order valence-electron chi connectivity index (χ2n) is 4.87. The summed E-state index contributed by atoms with van der Waals surface area (Å²) in [5.41, 5.74) is 1.42. The Morgan fingerprint density at radius 2 is 1.96 bits per heavy atom. The summed E-state index contributed by atoms with van der Waals surface area (Å²) < 4.78 is 1.46. The van der Waals surface area contributed by atoms with Crippen molar-refractivity contribution in [1.29, 1.82) is 5.26 Å². The number of nitrogens with one attached hydrogen (secondary N) is 1. The summed E-state index contributed by atoms with van der Waals surface area (Å²) in [5, 5.41) is 20.3. The van der Waals surface area contributed by atoms with Crippen LogP contribution < -0.4 is 5.56 Å². The third-order valence-electron chi connectivity index (χ3n) is 3.23. The van der Waals surface area contributed by atoms with E-state index in [-0.39, 0.29) is 11.1 Å². The molecule has 0 saturated carbocycles. The van der Waals surface area contributed by atoms with Gasteiger partial charge in [-0.25, -0.2) is 9.48 Å². The highest BCUT2D eigenvalue weighted by Crippen LogP contribution is 2.08. The SMILES string of the molecule is Cc1[nH]n(-c2ccccc2)c(=O)c1/C=C/C=C/C=C(\C#N)C(=O)O. The zero-order valence-electron chi connectivity index (χ0n) is 12.9. The fraction of sp³-hybridized carbons (Fsp3) is 0.0556. The first kappa shape index (κ1) is 16.8. The molecule has 6 heteroatoms. The van der Waals surface area contributed by atoms with Crippen molar-refractivity contribution >= 4 is 12.0 Å². The molecule has 1 aromatic carbocycles. The van der Waals surface area contributed by atoms with E-state index >= 15 is 0 Å². The monoisotopic (exact) mass is 321 g/mol. The molecule has 2 N–H and O–H groups in total. The average molecular weight is 321 g/mol. The number of nitrogens with zero attached hydrogens (tertiary/aromatic N) is 2. The lowest BCUT2D eigenvalue weighted by atomic mass is 10.2. The number of benzene rings is 1. The van der Waals surface area contributed by atoms with E-state index in [4.69, 9.17) is 10.4 Å². The fourth-order valence-corrected chi connectivity index (χ4v) is 2.04. The van der Waals surface area contributed by atoms with Gasteiger partial charge in [-0.05, 0) is 31.2 Å². The fourth-order valence-electron chi connectivity index (χ4n) is 2.04. The van der Waals surface area contributed by atoms with Crippen LogP contribution in [0, 0.1) is 18.3 Å². The molecule has 1 heterocycles. The lowest BCUT2D eigenvalue weighted by molar-refractivity contribution is -0.132. The zero-order valence-corrected chi connectivity index (χ0v) is 12.9. The van der Waals surface area contributed by atoms with E-state index in [1.54, 1.807) is 31.2 Å². The van der Waals surface area contributed by atoms with Crippen LogP contribution in [0.3, 0.4) is 0 Å². The van der Waals surface area contributed by atoms with E-state index in [1.807, 2.05) is 30.3 Å². The lowest BCUT2D eigenvalue weighted by Gasteiger charge is -1.99. The van der Waals surface area contributed by atoms with E-state index in [2.05, 4.69) is 5.10 Å². The number of hydrogen-bond acceptors (Lipinski definition) is 3. The number of hydrogen-bond donors (Lipinski definition) is 2. The normalized spacial score (nSPS) is 11.9. The molecule has 0 unspecified atom stereocenters. The topological polar surface area (TPSA) is 98.9 Å². The zero-order chi connectivity index (χ0) is 17.5. The summed E-state index contributed by atoms with van der Waals surface area (Å²) in [5.74, 6) is -1.28. The van der Waals surface area contributed by atoms with Crippen LogP contribution in [0.2, 0.25) is 0 Å². The molecule has 0 atom stereocenters. The van der Waals surface area contributed by atoms with Gasteiger partial charge < -0.3 is 5.11 Å². The number of carboxylic acids is 1. The van der Waals surface area contributed by atoms with E-state index in [0.29, 0.717) is 11.3 Å². The number of rotatable bonds is 5. The van der Waals surface area contributed by atoms with Crippen LogP contribution in [-0.4, -0.2) is 20.9 Å². The summed E-state index contributed by atoms with van der Waals surface area (Å²) >= 11 is 0. The third kappa shape index (κ3) is 3.78. The molecule has 1 aromatic heterocycles. The number of carboxylic acid groups (broad SMARTS) is 1. The molecular formula is C18H15N3O3. The minimum atomic E-state index is -1.28. The first-order chi connectivity index (χ1) is 11.5. The molecular weight excluding hydrogens is 306 g/mol. The molecule has 6 nitrogen and oxygen atoms in total. The van der Waals surface area contributed by atoms with Crippen molar-refractivity contribution in [3.05, 3.63) is 81.8 Å². The first-order valence-electron chi connectivity index (χ1n) is 7.10. The van der Waals surface area contributed by atoms with Gasteiger partial charge in [0.15, 0.2) is 0 Å².